The van der Waals surface area contributed by atoms with Crippen LogP contribution in [-0.4, -0.2) is 17.3 Å². The number of benzene rings is 1. The van der Waals surface area contributed by atoms with E-state index in [2.05, 4.69) is 0 Å². The summed E-state index contributed by atoms with van der Waals surface area (Å²) in [5.41, 5.74) is -0.0480. The van der Waals surface area contributed by atoms with Crippen molar-refractivity contribution in [2.24, 2.45) is 0 Å². The van der Waals surface area contributed by atoms with Crippen molar-refractivity contribution < 1.29 is 19.4 Å². The molecular weight excluding hydrogens is 212 g/mol. The summed E-state index contributed by atoms with van der Waals surface area (Å²) in [5.74, 6) is -0.513. The zero-order valence-electron chi connectivity index (χ0n) is 8.77. The lowest BCUT2D eigenvalue weighted by atomic mass is 10.1. The monoisotopic (exact) mass is 222 g/mol. The first-order chi connectivity index (χ1) is 7.54. The highest BCUT2D eigenvalue weighted by Gasteiger charge is 2.16. The van der Waals surface area contributed by atoms with Crippen LogP contribution in [0.3, 0.4) is 0 Å². The SMILES string of the molecule is COc1cc(O)c(O)c2oc(=O)cc(C)c12. The summed E-state index contributed by atoms with van der Waals surface area (Å²) in [5, 5.41) is 19.5. The first-order valence-electron chi connectivity index (χ1n) is 4.58. The number of fused-ring (bicyclic) bond motifs is 1. The quantitative estimate of drug-likeness (QED) is 0.564. The molecule has 0 amide bonds. The van der Waals surface area contributed by atoms with E-state index in [1.807, 2.05) is 0 Å². The van der Waals surface area contributed by atoms with Crippen LogP contribution in [0.5, 0.6) is 17.2 Å². The largest absolute Gasteiger partial charge is 0.504 e. The van der Waals surface area contributed by atoms with E-state index in [0.717, 1.165) is 0 Å². The van der Waals surface area contributed by atoms with E-state index in [1.54, 1.807) is 6.92 Å². The minimum absolute atomic E-state index is 0.0677. The molecule has 0 unspecified atom stereocenters. The normalized spacial score (nSPS) is 10.6. The predicted octanol–water partition coefficient (Wildman–Crippen LogP) is 1.52. The molecule has 1 aromatic heterocycles. The van der Waals surface area contributed by atoms with Gasteiger partial charge in [0.15, 0.2) is 11.3 Å². The van der Waals surface area contributed by atoms with Gasteiger partial charge >= 0.3 is 5.63 Å². The van der Waals surface area contributed by atoms with E-state index < -0.39 is 17.1 Å². The Balaban J connectivity index is 3.04. The molecule has 84 valence electrons. The van der Waals surface area contributed by atoms with Crippen LogP contribution in [0.25, 0.3) is 11.0 Å². The van der Waals surface area contributed by atoms with Crippen LogP contribution < -0.4 is 10.4 Å². The van der Waals surface area contributed by atoms with Crippen LogP contribution in [0.4, 0.5) is 0 Å². The number of hydrogen-bond donors (Lipinski definition) is 2. The third kappa shape index (κ3) is 1.37. The highest BCUT2D eigenvalue weighted by molar-refractivity contribution is 5.92. The van der Waals surface area contributed by atoms with Crippen LogP contribution in [0.2, 0.25) is 0 Å². The van der Waals surface area contributed by atoms with Gasteiger partial charge in [0.1, 0.15) is 5.75 Å². The molecule has 0 spiro atoms. The van der Waals surface area contributed by atoms with Crippen LogP contribution in [0, 0.1) is 6.92 Å². The fourth-order valence-electron chi connectivity index (χ4n) is 1.62. The number of aromatic hydroxyl groups is 2. The third-order valence-electron chi connectivity index (χ3n) is 2.35. The maximum absolute atomic E-state index is 11.2. The third-order valence-corrected chi connectivity index (χ3v) is 2.35. The molecule has 0 atom stereocenters. The number of rotatable bonds is 1. The Kier molecular flexibility index (Phi) is 2.23. The lowest BCUT2D eigenvalue weighted by molar-refractivity contribution is 0.384. The summed E-state index contributed by atoms with van der Waals surface area (Å²) >= 11 is 0. The fourth-order valence-corrected chi connectivity index (χ4v) is 1.62. The summed E-state index contributed by atoms with van der Waals surface area (Å²) in [6.07, 6.45) is 0. The number of methoxy groups -OCH3 is 1. The second-order valence-corrected chi connectivity index (χ2v) is 3.40. The van der Waals surface area contributed by atoms with Crippen molar-refractivity contribution in [3.8, 4) is 17.2 Å². The van der Waals surface area contributed by atoms with Crippen molar-refractivity contribution in [2.75, 3.05) is 7.11 Å². The van der Waals surface area contributed by atoms with Gasteiger partial charge in [-0.3, -0.25) is 0 Å². The van der Waals surface area contributed by atoms with E-state index in [-0.39, 0.29) is 5.58 Å². The molecule has 16 heavy (non-hydrogen) atoms. The van der Waals surface area contributed by atoms with Crippen molar-refractivity contribution in [3.63, 3.8) is 0 Å². The highest BCUT2D eigenvalue weighted by atomic mass is 16.5. The molecule has 2 aromatic rings. The zero-order chi connectivity index (χ0) is 11.9. The minimum Gasteiger partial charge on any atom is -0.504 e. The smallest absolute Gasteiger partial charge is 0.336 e. The number of phenolic OH excluding ortho intramolecular Hbond substituents is 2. The average molecular weight is 222 g/mol. The number of ether oxygens (including phenoxy) is 1. The molecule has 1 heterocycles. The van der Waals surface area contributed by atoms with E-state index in [9.17, 15) is 15.0 Å². The second kappa shape index (κ2) is 3.44. The Labute approximate surface area is 90.5 Å². The van der Waals surface area contributed by atoms with Crippen LogP contribution >= 0.6 is 0 Å². The maximum atomic E-state index is 11.2. The summed E-state index contributed by atoms with van der Waals surface area (Å²) < 4.78 is 9.90. The lowest BCUT2D eigenvalue weighted by Gasteiger charge is -2.09. The van der Waals surface area contributed by atoms with Gasteiger partial charge in [-0.25, -0.2) is 4.79 Å². The zero-order valence-corrected chi connectivity index (χ0v) is 8.77. The van der Waals surface area contributed by atoms with Gasteiger partial charge in [-0.2, -0.15) is 0 Å². The number of phenols is 2. The van der Waals surface area contributed by atoms with E-state index >= 15 is 0 Å². The molecule has 0 bridgehead atoms. The summed E-state index contributed by atoms with van der Waals surface area (Å²) in [6.45, 7) is 1.69. The first kappa shape index (κ1) is 10.4. The van der Waals surface area contributed by atoms with Gasteiger partial charge in [-0.15, -0.1) is 0 Å². The molecule has 5 heteroatoms. The van der Waals surface area contributed by atoms with Gasteiger partial charge < -0.3 is 19.4 Å². The van der Waals surface area contributed by atoms with Crippen molar-refractivity contribution in [1.29, 1.82) is 0 Å². The van der Waals surface area contributed by atoms with Crippen LogP contribution in [0.1, 0.15) is 5.56 Å². The minimum atomic E-state index is -0.590. The number of hydrogen-bond acceptors (Lipinski definition) is 5. The molecule has 2 rings (SSSR count). The van der Waals surface area contributed by atoms with Crippen molar-refractivity contribution >= 4 is 11.0 Å². The molecule has 0 aliphatic rings. The van der Waals surface area contributed by atoms with Crippen molar-refractivity contribution in [2.45, 2.75) is 6.92 Å². The van der Waals surface area contributed by atoms with E-state index in [0.29, 0.717) is 16.7 Å². The van der Waals surface area contributed by atoms with E-state index in [1.165, 1.54) is 19.2 Å². The molecule has 0 aliphatic carbocycles. The summed E-state index contributed by atoms with van der Waals surface area (Å²) in [4.78, 5) is 11.2. The van der Waals surface area contributed by atoms with Gasteiger partial charge in [-0.05, 0) is 12.5 Å². The summed E-state index contributed by atoms with van der Waals surface area (Å²) in [7, 11) is 1.43. The molecule has 5 nitrogen and oxygen atoms in total. The van der Waals surface area contributed by atoms with Gasteiger partial charge in [0.25, 0.3) is 0 Å². The van der Waals surface area contributed by atoms with Crippen LogP contribution in [-0.2, 0) is 0 Å². The average Bonchev–Trinajstić information content (AvgIpc) is 2.23. The van der Waals surface area contributed by atoms with Gasteiger partial charge in [0.2, 0.25) is 5.75 Å². The molecule has 0 saturated heterocycles. The Bertz CT molecular complexity index is 612. The van der Waals surface area contributed by atoms with Crippen LogP contribution in [0.15, 0.2) is 21.3 Å². The molecule has 0 aliphatic heterocycles. The Morgan fingerprint density at radius 3 is 2.62 bits per heavy atom. The molecule has 0 saturated carbocycles. The molecule has 2 N–H and O–H groups in total. The van der Waals surface area contributed by atoms with E-state index in [4.69, 9.17) is 9.15 Å². The topological polar surface area (TPSA) is 79.9 Å². The molecule has 1 aromatic carbocycles. The lowest BCUT2D eigenvalue weighted by Crippen LogP contribution is -1.99. The van der Waals surface area contributed by atoms with Gasteiger partial charge in [-0.1, -0.05) is 0 Å². The molecule has 0 fully saturated rings. The summed E-state index contributed by atoms with van der Waals surface area (Å²) in [6, 6.07) is 2.56. The standard InChI is InChI=1S/C11H10O5/c1-5-3-8(13)16-11-9(5)7(15-2)4-6(12)10(11)14/h3-4,12,14H,1-2H3. The molecular formula is C11H10O5. The van der Waals surface area contributed by atoms with Gasteiger partial charge in [0.05, 0.1) is 12.5 Å². The van der Waals surface area contributed by atoms with Gasteiger partial charge in [0, 0.05) is 12.1 Å². The molecule has 0 radical (unpaired) electrons. The van der Waals surface area contributed by atoms with Crippen molar-refractivity contribution in [3.05, 3.63) is 28.1 Å². The van der Waals surface area contributed by atoms with Crippen molar-refractivity contribution in [1.82, 2.24) is 0 Å². The fraction of sp³-hybridized carbons (Fsp3) is 0.182. The Hall–Kier alpha value is -2.17. The Morgan fingerprint density at radius 2 is 2.00 bits per heavy atom. The second-order valence-electron chi connectivity index (χ2n) is 3.40. The maximum Gasteiger partial charge on any atom is 0.336 e. The Morgan fingerprint density at radius 1 is 1.31 bits per heavy atom. The highest BCUT2D eigenvalue weighted by Crippen LogP contribution is 2.40. The number of aryl methyl sites for hydroxylation is 1. The predicted molar refractivity (Wildman–Crippen MR) is 57.1 cm³/mol. The first-order valence-corrected chi connectivity index (χ1v) is 4.58.